The molecule has 0 nitrogen and oxygen atoms in total. The normalized spacial score (nSPS) is 12.0. The lowest BCUT2D eigenvalue weighted by atomic mass is 10.1. The number of halogens is 2. The van der Waals surface area contributed by atoms with Crippen LogP contribution < -0.4 is 0 Å². The maximum absolute atomic E-state index is 5.77. The summed E-state index contributed by atoms with van der Waals surface area (Å²) >= 11 is 11.5. The van der Waals surface area contributed by atoms with Crippen molar-refractivity contribution in [3.8, 4) is 0 Å². The molecule has 0 aromatic carbocycles. The molecule has 0 aliphatic carbocycles. The SMILES string of the molecule is CCCCCCCC(P)(Cl)Cl. The molecule has 0 saturated heterocycles. The molecule has 68 valence electrons. The second kappa shape index (κ2) is 6.52. The zero-order valence-electron chi connectivity index (χ0n) is 7.08. The highest BCUT2D eigenvalue weighted by atomic mass is 35.5. The van der Waals surface area contributed by atoms with Gasteiger partial charge in [-0.3, -0.25) is 0 Å². The van der Waals surface area contributed by atoms with Crippen LogP contribution in [-0.2, 0) is 0 Å². The van der Waals surface area contributed by atoms with Gasteiger partial charge in [-0.05, 0) is 6.42 Å². The molecule has 0 amide bonds. The van der Waals surface area contributed by atoms with Crippen molar-refractivity contribution in [3.63, 3.8) is 0 Å². The van der Waals surface area contributed by atoms with E-state index >= 15 is 0 Å². The fraction of sp³-hybridized carbons (Fsp3) is 1.00. The summed E-state index contributed by atoms with van der Waals surface area (Å²) in [6, 6.07) is 0. The first-order valence-corrected chi connectivity index (χ1v) is 5.56. The molecule has 1 unspecified atom stereocenters. The highest BCUT2D eigenvalue weighted by Crippen LogP contribution is 2.34. The average Bonchev–Trinajstić information content (AvgIpc) is 1.85. The van der Waals surface area contributed by atoms with Gasteiger partial charge in [0, 0.05) is 0 Å². The van der Waals surface area contributed by atoms with Gasteiger partial charge in [0.25, 0.3) is 0 Å². The molecule has 11 heavy (non-hydrogen) atoms. The second-order valence-corrected chi connectivity index (χ2v) is 6.19. The molecule has 0 N–H and O–H groups in total. The number of unbranched alkanes of at least 4 members (excludes halogenated alkanes) is 4. The Morgan fingerprint density at radius 3 is 2.09 bits per heavy atom. The molecular weight excluding hydrogens is 198 g/mol. The lowest BCUT2D eigenvalue weighted by Crippen LogP contribution is -1.99. The van der Waals surface area contributed by atoms with E-state index in [9.17, 15) is 0 Å². The summed E-state index contributed by atoms with van der Waals surface area (Å²) in [6.07, 6.45) is 7.19. The van der Waals surface area contributed by atoms with Crippen molar-refractivity contribution in [2.45, 2.75) is 49.5 Å². The lowest BCUT2D eigenvalue weighted by Gasteiger charge is -2.11. The third kappa shape index (κ3) is 11.0. The van der Waals surface area contributed by atoms with E-state index < -0.39 is 4.07 Å². The van der Waals surface area contributed by atoms with Crippen molar-refractivity contribution >= 4 is 32.4 Å². The fourth-order valence-electron chi connectivity index (χ4n) is 0.964. The van der Waals surface area contributed by atoms with Crippen LogP contribution in [0.4, 0.5) is 0 Å². The van der Waals surface area contributed by atoms with Gasteiger partial charge in [0.15, 0.2) is 0 Å². The third-order valence-electron chi connectivity index (χ3n) is 1.61. The van der Waals surface area contributed by atoms with Crippen LogP contribution in [-0.4, -0.2) is 4.07 Å². The van der Waals surface area contributed by atoms with Crippen molar-refractivity contribution < 1.29 is 0 Å². The molecule has 0 rings (SSSR count). The van der Waals surface area contributed by atoms with E-state index in [1.54, 1.807) is 0 Å². The Bertz CT molecular complexity index is 88.6. The Balaban J connectivity index is 3.02. The number of rotatable bonds is 6. The van der Waals surface area contributed by atoms with Crippen molar-refractivity contribution in [1.29, 1.82) is 0 Å². The van der Waals surface area contributed by atoms with Gasteiger partial charge in [0.05, 0.1) is 0 Å². The largest absolute Gasteiger partial charge is 0.131 e. The molecule has 0 saturated carbocycles. The molecule has 0 fully saturated rings. The van der Waals surface area contributed by atoms with Gasteiger partial charge >= 0.3 is 0 Å². The van der Waals surface area contributed by atoms with E-state index in [2.05, 4.69) is 16.2 Å². The van der Waals surface area contributed by atoms with E-state index in [1.807, 2.05) is 0 Å². The van der Waals surface area contributed by atoms with Crippen LogP contribution >= 0.6 is 32.4 Å². The molecule has 0 spiro atoms. The minimum Gasteiger partial charge on any atom is -0.0988 e. The first kappa shape index (κ1) is 12.0. The fourth-order valence-corrected chi connectivity index (χ4v) is 1.44. The lowest BCUT2D eigenvalue weighted by molar-refractivity contribution is 0.614. The maximum atomic E-state index is 5.77. The van der Waals surface area contributed by atoms with E-state index in [0.29, 0.717) is 0 Å². The van der Waals surface area contributed by atoms with Crippen LogP contribution in [0.2, 0.25) is 0 Å². The Morgan fingerprint density at radius 1 is 1.09 bits per heavy atom. The van der Waals surface area contributed by atoms with E-state index in [4.69, 9.17) is 23.2 Å². The number of hydrogen-bond acceptors (Lipinski definition) is 0. The van der Waals surface area contributed by atoms with Crippen molar-refractivity contribution in [3.05, 3.63) is 0 Å². The van der Waals surface area contributed by atoms with Crippen LogP contribution in [0.5, 0.6) is 0 Å². The predicted molar refractivity (Wildman–Crippen MR) is 57.5 cm³/mol. The zero-order chi connectivity index (χ0) is 8.74. The van der Waals surface area contributed by atoms with Gasteiger partial charge in [0.1, 0.15) is 4.07 Å². The van der Waals surface area contributed by atoms with Crippen molar-refractivity contribution in [1.82, 2.24) is 0 Å². The summed E-state index contributed by atoms with van der Waals surface area (Å²) < 4.78 is -0.591. The molecular formula is C8H17Cl2P. The smallest absolute Gasteiger partial charge is 0.0988 e. The van der Waals surface area contributed by atoms with Crippen LogP contribution in [0, 0.1) is 0 Å². The van der Waals surface area contributed by atoms with E-state index in [0.717, 1.165) is 12.8 Å². The average molecular weight is 215 g/mol. The molecule has 0 aromatic rings. The Labute approximate surface area is 82.2 Å². The van der Waals surface area contributed by atoms with E-state index in [-0.39, 0.29) is 0 Å². The minimum absolute atomic E-state index is 0.591. The maximum Gasteiger partial charge on any atom is 0.131 e. The van der Waals surface area contributed by atoms with E-state index in [1.165, 1.54) is 25.7 Å². The van der Waals surface area contributed by atoms with Gasteiger partial charge in [0.2, 0.25) is 0 Å². The highest BCUT2D eigenvalue weighted by Gasteiger charge is 2.14. The van der Waals surface area contributed by atoms with Gasteiger partial charge in [-0.1, -0.05) is 71.5 Å². The molecule has 0 aromatic heterocycles. The number of hydrogen-bond donors (Lipinski definition) is 0. The van der Waals surface area contributed by atoms with Crippen LogP contribution in [0.15, 0.2) is 0 Å². The van der Waals surface area contributed by atoms with Crippen LogP contribution in [0.3, 0.4) is 0 Å². The second-order valence-electron chi connectivity index (χ2n) is 2.93. The topological polar surface area (TPSA) is 0 Å². The zero-order valence-corrected chi connectivity index (χ0v) is 9.74. The Hall–Kier alpha value is 1.01. The Morgan fingerprint density at radius 2 is 1.64 bits per heavy atom. The van der Waals surface area contributed by atoms with Crippen molar-refractivity contribution in [2.24, 2.45) is 0 Å². The first-order valence-electron chi connectivity index (χ1n) is 4.23. The number of alkyl halides is 2. The molecule has 0 bridgehead atoms. The molecule has 1 atom stereocenters. The van der Waals surface area contributed by atoms with Gasteiger partial charge in [-0.25, -0.2) is 0 Å². The van der Waals surface area contributed by atoms with Gasteiger partial charge in [-0.2, -0.15) is 0 Å². The summed E-state index contributed by atoms with van der Waals surface area (Å²) in [5.74, 6) is 0. The molecule has 0 aliphatic heterocycles. The Kier molecular flexibility index (Phi) is 7.12. The summed E-state index contributed by atoms with van der Waals surface area (Å²) in [6.45, 7) is 2.21. The molecule has 0 aliphatic rings. The third-order valence-corrected chi connectivity index (χ3v) is 2.28. The molecule has 0 radical (unpaired) electrons. The summed E-state index contributed by atoms with van der Waals surface area (Å²) in [5.41, 5.74) is 0. The monoisotopic (exact) mass is 214 g/mol. The van der Waals surface area contributed by atoms with Crippen LogP contribution in [0.25, 0.3) is 0 Å². The minimum atomic E-state index is -0.591. The molecule has 0 heterocycles. The van der Waals surface area contributed by atoms with Crippen LogP contribution in [0.1, 0.15) is 45.4 Å². The highest BCUT2D eigenvalue weighted by molar-refractivity contribution is 7.27. The quantitative estimate of drug-likeness (QED) is 0.351. The molecule has 3 heteroatoms. The summed E-state index contributed by atoms with van der Waals surface area (Å²) in [7, 11) is 2.44. The van der Waals surface area contributed by atoms with Gasteiger partial charge in [-0.15, -0.1) is 0 Å². The van der Waals surface area contributed by atoms with Crippen molar-refractivity contribution in [2.75, 3.05) is 0 Å². The summed E-state index contributed by atoms with van der Waals surface area (Å²) in [5, 5.41) is 0. The standard InChI is InChI=1S/C8H17Cl2P/c1-2-3-4-5-6-7-8(9,10)11/h2-7,11H2,1H3. The predicted octanol–water partition coefficient (Wildman–Crippen LogP) is 4.35. The summed E-state index contributed by atoms with van der Waals surface area (Å²) in [4.78, 5) is 0. The first-order chi connectivity index (χ1) is 5.06. The van der Waals surface area contributed by atoms with Gasteiger partial charge < -0.3 is 0 Å².